The van der Waals surface area contributed by atoms with Crippen molar-refractivity contribution in [1.82, 2.24) is 5.32 Å². The maximum Gasteiger partial charge on any atom is 0.251 e. The van der Waals surface area contributed by atoms with Crippen LogP contribution in [0.4, 0.5) is 5.69 Å². The van der Waals surface area contributed by atoms with Gasteiger partial charge >= 0.3 is 0 Å². The van der Waals surface area contributed by atoms with E-state index in [1.165, 1.54) is 18.6 Å². The van der Waals surface area contributed by atoms with Crippen LogP contribution in [0.5, 0.6) is 0 Å². The molecular weight excluding hydrogens is 402 g/mol. The van der Waals surface area contributed by atoms with E-state index >= 15 is 0 Å². The molecule has 30 heavy (non-hydrogen) atoms. The summed E-state index contributed by atoms with van der Waals surface area (Å²) < 4.78 is 22.6. The van der Waals surface area contributed by atoms with Crippen molar-refractivity contribution in [3.05, 3.63) is 59.2 Å². The second-order valence-electron chi connectivity index (χ2n) is 7.75. The van der Waals surface area contributed by atoms with Crippen LogP contribution in [0, 0.1) is 6.92 Å². The van der Waals surface area contributed by atoms with E-state index < -0.39 is 10.0 Å². The van der Waals surface area contributed by atoms with E-state index in [-0.39, 0.29) is 29.2 Å². The Labute approximate surface area is 177 Å². The molecule has 0 aliphatic heterocycles. The lowest BCUT2D eigenvalue weighted by molar-refractivity contribution is -0.115. The summed E-state index contributed by atoms with van der Waals surface area (Å²) in [5, 5.41) is 11.0. The fraction of sp³-hybridized carbons (Fsp3) is 0.364. The number of hydrogen-bond acceptors (Lipinski definition) is 4. The van der Waals surface area contributed by atoms with Crippen LogP contribution >= 0.6 is 0 Å². The lowest BCUT2D eigenvalue weighted by Crippen LogP contribution is -2.36. The normalized spacial score (nSPS) is 14.9. The molecule has 1 saturated carbocycles. The fourth-order valence-corrected chi connectivity index (χ4v) is 4.15. The lowest BCUT2D eigenvalue weighted by Gasteiger charge is -2.23. The van der Waals surface area contributed by atoms with Crippen LogP contribution in [0.15, 0.2) is 47.4 Å². The van der Waals surface area contributed by atoms with E-state index in [1.807, 2.05) is 6.92 Å². The fourth-order valence-electron chi connectivity index (χ4n) is 3.64. The average Bonchev–Trinajstić information content (AvgIpc) is 2.70. The van der Waals surface area contributed by atoms with Gasteiger partial charge in [0.05, 0.1) is 11.3 Å². The van der Waals surface area contributed by atoms with Gasteiger partial charge in [0.25, 0.3) is 5.91 Å². The van der Waals surface area contributed by atoms with Crippen molar-refractivity contribution in [3.63, 3.8) is 0 Å². The first-order valence-electron chi connectivity index (χ1n) is 10.1. The number of hydrogen-bond donors (Lipinski definition) is 3. The van der Waals surface area contributed by atoms with Crippen LogP contribution in [-0.2, 0) is 21.2 Å². The zero-order chi connectivity index (χ0) is 21.7. The van der Waals surface area contributed by atoms with Crippen LogP contribution in [0.3, 0.4) is 0 Å². The Bertz CT molecular complexity index is 1030. The minimum atomic E-state index is -3.76. The summed E-state index contributed by atoms with van der Waals surface area (Å²) in [4.78, 5) is 24.9. The van der Waals surface area contributed by atoms with Crippen molar-refractivity contribution in [1.29, 1.82) is 0 Å². The van der Waals surface area contributed by atoms with E-state index in [0.717, 1.165) is 31.2 Å². The first-order valence-corrected chi connectivity index (χ1v) is 11.6. The van der Waals surface area contributed by atoms with Crippen LogP contribution < -0.4 is 15.8 Å². The SMILES string of the molecule is Cc1cc(C(=O)NC2CCCCC2)ccc1NC(=O)Cc1ccc(S(N)(=O)=O)cc1. The van der Waals surface area contributed by atoms with Gasteiger partial charge in [-0.25, -0.2) is 13.6 Å². The molecule has 8 heteroatoms. The van der Waals surface area contributed by atoms with Gasteiger partial charge in [-0.2, -0.15) is 0 Å². The molecule has 7 nitrogen and oxygen atoms in total. The van der Waals surface area contributed by atoms with Crippen molar-refractivity contribution in [2.24, 2.45) is 5.14 Å². The van der Waals surface area contributed by atoms with Gasteiger partial charge < -0.3 is 10.6 Å². The third kappa shape index (κ3) is 5.90. The molecule has 1 aliphatic carbocycles. The van der Waals surface area contributed by atoms with Crippen LogP contribution in [0.1, 0.15) is 53.6 Å². The summed E-state index contributed by atoms with van der Waals surface area (Å²) in [5.41, 5.74) is 2.68. The third-order valence-electron chi connectivity index (χ3n) is 5.32. The highest BCUT2D eigenvalue weighted by Gasteiger charge is 2.17. The van der Waals surface area contributed by atoms with Gasteiger partial charge in [-0.1, -0.05) is 31.4 Å². The molecule has 0 spiro atoms. The standard InChI is InChI=1S/C22H27N3O4S/c1-15-13-17(22(27)24-18-5-3-2-4-6-18)9-12-20(15)25-21(26)14-16-7-10-19(11-8-16)30(23,28)29/h7-13,18H,2-6,14H2,1H3,(H,24,27)(H,25,26)(H2,23,28,29). The van der Waals surface area contributed by atoms with E-state index in [4.69, 9.17) is 5.14 Å². The molecule has 0 saturated heterocycles. The number of rotatable bonds is 6. The second-order valence-corrected chi connectivity index (χ2v) is 9.31. The summed E-state index contributed by atoms with van der Waals surface area (Å²) in [6, 6.07) is 11.3. The first-order chi connectivity index (χ1) is 14.2. The van der Waals surface area contributed by atoms with E-state index in [9.17, 15) is 18.0 Å². The number of primary sulfonamides is 1. The molecule has 1 aliphatic rings. The maximum absolute atomic E-state index is 12.5. The Morgan fingerprint density at radius 1 is 1.03 bits per heavy atom. The highest BCUT2D eigenvalue weighted by Crippen LogP contribution is 2.20. The Hall–Kier alpha value is -2.71. The van der Waals surface area contributed by atoms with E-state index in [1.54, 1.807) is 30.3 Å². The van der Waals surface area contributed by atoms with Crippen molar-refractivity contribution in [2.45, 2.75) is 56.4 Å². The van der Waals surface area contributed by atoms with E-state index in [0.29, 0.717) is 16.8 Å². The first kappa shape index (κ1) is 22.0. The molecular formula is C22H27N3O4S. The minimum absolute atomic E-state index is 0.00425. The number of nitrogens with one attached hydrogen (secondary N) is 2. The van der Waals surface area contributed by atoms with Crippen molar-refractivity contribution in [2.75, 3.05) is 5.32 Å². The molecule has 4 N–H and O–H groups in total. The topological polar surface area (TPSA) is 118 Å². The van der Waals surface area contributed by atoms with Crippen LogP contribution in [0.25, 0.3) is 0 Å². The number of nitrogens with two attached hydrogens (primary N) is 1. The Kier molecular flexibility index (Phi) is 6.89. The Morgan fingerprint density at radius 3 is 2.30 bits per heavy atom. The second kappa shape index (κ2) is 9.40. The van der Waals surface area contributed by atoms with Crippen LogP contribution in [-0.4, -0.2) is 26.3 Å². The molecule has 2 aromatic rings. The quantitative estimate of drug-likeness (QED) is 0.654. The molecule has 0 unspecified atom stereocenters. The molecule has 0 aromatic heterocycles. The number of anilines is 1. The summed E-state index contributed by atoms with van der Waals surface area (Å²) in [6.07, 6.45) is 5.68. The van der Waals surface area contributed by atoms with Crippen molar-refractivity contribution >= 4 is 27.5 Å². The smallest absolute Gasteiger partial charge is 0.251 e. The molecule has 0 radical (unpaired) electrons. The highest BCUT2D eigenvalue weighted by atomic mass is 32.2. The minimum Gasteiger partial charge on any atom is -0.349 e. The summed E-state index contributed by atoms with van der Waals surface area (Å²) in [6.45, 7) is 1.84. The number of carbonyl (C=O) groups excluding carboxylic acids is 2. The molecule has 0 heterocycles. The predicted molar refractivity (Wildman–Crippen MR) is 116 cm³/mol. The van der Waals surface area contributed by atoms with Gasteiger partial charge in [0.15, 0.2) is 0 Å². The zero-order valence-electron chi connectivity index (χ0n) is 17.0. The summed E-state index contributed by atoms with van der Waals surface area (Å²) >= 11 is 0. The van der Waals surface area contributed by atoms with Gasteiger partial charge in [0.1, 0.15) is 0 Å². The Balaban J connectivity index is 1.59. The number of amides is 2. The molecule has 0 atom stereocenters. The summed E-state index contributed by atoms with van der Waals surface area (Å²) in [7, 11) is -3.76. The molecule has 2 aromatic carbocycles. The third-order valence-corrected chi connectivity index (χ3v) is 6.25. The molecule has 3 rings (SSSR count). The maximum atomic E-state index is 12.5. The van der Waals surface area contributed by atoms with Gasteiger partial charge in [-0.3, -0.25) is 9.59 Å². The van der Waals surface area contributed by atoms with E-state index in [2.05, 4.69) is 10.6 Å². The van der Waals surface area contributed by atoms with Gasteiger partial charge in [-0.15, -0.1) is 0 Å². The molecule has 2 amide bonds. The van der Waals surface area contributed by atoms with Crippen molar-refractivity contribution in [3.8, 4) is 0 Å². The number of benzene rings is 2. The lowest BCUT2D eigenvalue weighted by atomic mass is 9.95. The predicted octanol–water partition coefficient (Wildman–Crippen LogP) is 2.89. The largest absolute Gasteiger partial charge is 0.349 e. The van der Waals surface area contributed by atoms with Crippen molar-refractivity contribution < 1.29 is 18.0 Å². The zero-order valence-corrected chi connectivity index (χ0v) is 17.8. The monoisotopic (exact) mass is 429 g/mol. The number of carbonyl (C=O) groups is 2. The average molecular weight is 430 g/mol. The van der Waals surface area contributed by atoms with Gasteiger partial charge in [0, 0.05) is 17.3 Å². The molecule has 160 valence electrons. The summed E-state index contributed by atoms with van der Waals surface area (Å²) in [5.74, 6) is -0.321. The van der Waals surface area contributed by atoms with Gasteiger partial charge in [0.2, 0.25) is 15.9 Å². The molecule has 0 bridgehead atoms. The molecule has 1 fully saturated rings. The Morgan fingerprint density at radius 2 is 1.70 bits per heavy atom. The number of aryl methyl sites for hydroxylation is 1. The van der Waals surface area contributed by atoms with Crippen LogP contribution in [0.2, 0.25) is 0 Å². The van der Waals surface area contributed by atoms with Gasteiger partial charge in [-0.05, 0) is 61.2 Å². The highest BCUT2D eigenvalue weighted by molar-refractivity contribution is 7.89. The number of sulfonamides is 1.